The van der Waals surface area contributed by atoms with Crippen molar-refractivity contribution in [2.45, 2.75) is 6.61 Å². The van der Waals surface area contributed by atoms with Crippen LogP contribution in [0.25, 0.3) is 16.0 Å². The number of hydrogen-bond donors (Lipinski definition) is 0. The molecule has 0 saturated carbocycles. The third-order valence-corrected chi connectivity index (χ3v) is 4.82. The molecule has 2 heterocycles. The van der Waals surface area contributed by atoms with Gasteiger partial charge in [-0.25, -0.2) is 4.98 Å². The molecule has 0 saturated heterocycles. The molecule has 114 valence electrons. The van der Waals surface area contributed by atoms with Crippen molar-refractivity contribution >= 4 is 53.5 Å². The molecule has 0 unspecified atom stereocenters. The van der Waals surface area contributed by atoms with E-state index in [9.17, 15) is 13.6 Å². The lowest BCUT2D eigenvalue weighted by atomic mass is 10.3. The zero-order valence-electron chi connectivity index (χ0n) is 10.6. The lowest BCUT2D eigenvalue weighted by Gasteiger charge is -2.09. The van der Waals surface area contributed by atoms with E-state index in [1.807, 2.05) is 0 Å². The van der Waals surface area contributed by atoms with Crippen LogP contribution in [-0.2, 0) is 0 Å². The number of hydrogen-bond acceptors (Lipinski definition) is 4. The molecule has 3 rings (SSSR count). The number of halogens is 4. The van der Waals surface area contributed by atoms with E-state index in [1.165, 1.54) is 40.2 Å². The first kappa shape index (κ1) is 15.6. The van der Waals surface area contributed by atoms with Gasteiger partial charge in [-0.1, -0.05) is 0 Å². The maximum absolute atomic E-state index is 12.4. The third kappa shape index (κ3) is 2.92. The summed E-state index contributed by atoms with van der Waals surface area (Å²) >= 11 is 7.91. The van der Waals surface area contributed by atoms with E-state index in [0.717, 1.165) is 4.70 Å². The van der Waals surface area contributed by atoms with Crippen LogP contribution in [0.2, 0.25) is 0 Å². The smallest absolute Gasteiger partial charge is 0.387 e. The van der Waals surface area contributed by atoms with Gasteiger partial charge >= 0.3 is 6.61 Å². The molecular formula is C13H6Br2F2N2O2S. The Hall–Kier alpha value is -1.32. The van der Waals surface area contributed by atoms with Gasteiger partial charge in [0, 0.05) is 0 Å². The van der Waals surface area contributed by atoms with E-state index in [0.29, 0.717) is 19.7 Å². The second kappa shape index (κ2) is 6.05. The summed E-state index contributed by atoms with van der Waals surface area (Å²) in [5.41, 5.74) is 0.719. The van der Waals surface area contributed by atoms with E-state index < -0.39 is 6.61 Å². The molecule has 1 aromatic carbocycles. The van der Waals surface area contributed by atoms with Crippen molar-refractivity contribution in [3.63, 3.8) is 0 Å². The number of aromatic nitrogens is 2. The summed E-state index contributed by atoms with van der Waals surface area (Å²) in [6, 6.07) is 7.51. The second-order valence-corrected chi connectivity index (χ2v) is 7.32. The minimum absolute atomic E-state index is 0.0255. The number of benzene rings is 1. The van der Waals surface area contributed by atoms with Crippen LogP contribution in [0.4, 0.5) is 8.78 Å². The third-order valence-electron chi connectivity index (χ3n) is 2.81. The van der Waals surface area contributed by atoms with Crippen LogP contribution >= 0.6 is 43.2 Å². The van der Waals surface area contributed by atoms with Gasteiger partial charge in [-0.3, -0.25) is 9.36 Å². The Balaban J connectivity index is 2.17. The number of nitrogens with zero attached hydrogens (tertiary/aromatic N) is 2. The Morgan fingerprint density at radius 2 is 1.91 bits per heavy atom. The van der Waals surface area contributed by atoms with Crippen molar-refractivity contribution in [3.05, 3.63) is 49.1 Å². The molecule has 9 heteroatoms. The number of alkyl halides is 2. The first-order chi connectivity index (χ1) is 10.5. The van der Waals surface area contributed by atoms with E-state index >= 15 is 0 Å². The molecule has 0 radical (unpaired) electrons. The molecule has 3 aromatic rings. The Morgan fingerprint density at radius 1 is 1.23 bits per heavy atom. The highest BCUT2D eigenvalue weighted by Gasteiger charge is 2.14. The van der Waals surface area contributed by atoms with Crippen LogP contribution in [0.1, 0.15) is 0 Å². The lowest BCUT2D eigenvalue weighted by Crippen LogP contribution is -2.19. The summed E-state index contributed by atoms with van der Waals surface area (Å²) in [5, 5.41) is 0. The normalized spacial score (nSPS) is 11.3. The SMILES string of the molecule is O=c1c(Br)cc2sc(Br)nc2n1-c1ccc(OC(F)F)cc1. The van der Waals surface area contributed by atoms with Gasteiger partial charge < -0.3 is 4.74 Å². The van der Waals surface area contributed by atoms with Gasteiger partial charge in [-0.15, -0.1) is 11.3 Å². The highest BCUT2D eigenvalue weighted by atomic mass is 79.9. The Bertz CT molecular complexity index is 893. The van der Waals surface area contributed by atoms with Crippen LogP contribution in [0.5, 0.6) is 5.75 Å². The topological polar surface area (TPSA) is 44.1 Å². The molecule has 0 fully saturated rings. The molecule has 0 aliphatic heterocycles. The molecule has 0 atom stereocenters. The van der Waals surface area contributed by atoms with Gasteiger partial charge in [-0.2, -0.15) is 8.78 Å². The van der Waals surface area contributed by atoms with Crippen LogP contribution in [0.15, 0.2) is 43.5 Å². The highest BCUT2D eigenvalue weighted by molar-refractivity contribution is 9.11. The summed E-state index contributed by atoms with van der Waals surface area (Å²) in [6.45, 7) is -2.89. The first-order valence-corrected chi connectivity index (χ1v) is 8.29. The average molecular weight is 452 g/mol. The zero-order valence-corrected chi connectivity index (χ0v) is 14.6. The van der Waals surface area contributed by atoms with Crippen LogP contribution in [-0.4, -0.2) is 16.2 Å². The quantitative estimate of drug-likeness (QED) is 0.585. The fourth-order valence-electron chi connectivity index (χ4n) is 1.95. The first-order valence-electron chi connectivity index (χ1n) is 5.88. The molecule has 0 aliphatic rings. The highest BCUT2D eigenvalue weighted by Crippen LogP contribution is 2.28. The van der Waals surface area contributed by atoms with Crippen molar-refractivity contribution in [2.24, 2.45) is 0 Å². The van der Waals surface area contributed by atoms with Crippen LogP contribution < -0.4 is 10.3 Å². The largest absolute Gasteiger partial charge is 0.435 e. The van der Waals surface area contributed by atoms with Gasteiger partial charge in [0.2, 0.25) is 0 Å². The van der Waals surface area contributed by atoms with Crippen molar-refractivity contribution in [3.8, 4) is 11.4 Å². The molecule has 0 aliphatic carbocycles. The molecule has 0 N–H and O–H groups in total. The van der Waals surface area contributed by atoms with Gasteiger partial charge in [0.1, 0.15) is 5.75 Å². The molecule has 4 nitrogen and oxygen atoms in total. The summed E-state index contributed by atoms with van der Waals surface area (Å²) in [6.07, 6.45) is 0. The summed E-state index contributed by atoms with van der Waals surface area (Å²) < 4.78 is 31.9. The maximum atomic E-state index is 12.4. The number of rotatable bonds is 3. The summed E-state index contributed by atoms with van der Waals surface area (Å²) in [5.74, 6) is 0.0255. The number of thiazole rings is 1. The van der Waals surface area contributed by atoms with Gasteiger partial charge in [0.25, 0.3) is 5.56 Å². The Labute approximate surface area is 143 Å². The molecular weight excluding hydrogens is 446 g/mol. The molecule has 2 aromatic heterocycles. The summed E-state index contributed by atoms with van der Waals surface area (Å²) in [4.78, 5) is 16.7. The van der Waals surface area contributed by atoms with E-state index in [4.69, 9.17) is 0 Å². The molecule has 22 heavy (non-hydrogen) atoms. The number of fused-ring (bicyclic) bond motifs is 1. The lowest BCUT2D eigenvalue weighted by molar-refractivity contribution is -0.0498. The predicted molar refractivity (Wildman–Crippen MR) is 87.2 cm³/mol. The van der Waals surface area contributed by atoms with E-state index in [2.05, 4.69) is 41.6 Å². The van der Waals surface area contributed by atoms with Gasteiger partial charge in [-0.05, 0) is 62.2 Å². The predicted octanol–water partition coefficient (Wildman–Crippen LogP) is 4.57. The van der Waals surface area contributed by atoms with Gasteiger partial charge in [0.05, 0.1) is 14.9 Å². The standard InChI is InChI=1S/C13H6Br2F2N2O2S/c14-8-5-9-10(18-12(15)22-9)19(11(8)20)6-1-3-7(4-2-6)21-13(16)17/h1-5,13H. The maximum Gasteiger partial charge on any atom is 0.387 e. The van der Waals surface area contributed by atoms with Crippen molar-refractivity contribution in [1.82, 2.24) is 9.55 Å². The fourth-order valence-corrected chi connectivity index (χ4v) is 3.92. The Kier molecular flexibility index (Phi) is 4.28. The van der Waals surface area contributed by atoms with Crippen LogP contribution in [0.3, 0.4) is 0 Å². The van der Waals surface area contributed by atoms with Crippen LogP contribution in [0, 0.1) is 0 Å². The van der Waals surface area contributed by atoms with Crippen molar-refractivity contribution < 1.29 is 13.5 Å². The molecule has 0 spiro atoms. The van der Waals surface area contributed by atoms with Crippen molar-refractivity contribution in [1.29, 1.82) is 0 Å². The fraction of sp³-hybridized carbons (Fsp3) is 0.0769. The molecule has 0 bridgehead atoms. The number of ether oxygens (including phenoxy) is 1. The zero-order chi connectivity index (χ0) is 15.9. The average Bonchev–Trinajstić information content (AvgIpc) is 2.80. The molecule has 0 amide bonds. The van der Waals surface area contributed by atoms with E-state index in [1.54, 1.807) is 6.07 Å². The Morgan fingerprint density at radius 3 is 2.55 bits per heavy atom. The minimum Gasteiger partial charge on any atom is -0.435 e. The van der Waals surface area contributed by atoms with Crippen molar-refractivity contribution in [2.75, 3.05) is 0 Å². The minimum atomic E-state index is -2.89. The monoisotopic (exact) mass is 450 g/mol. The van der Waals surface area contributed by atoms with Gasteiger partial charge in [0.15, 0.2) is 9.56 Å². The number of pyridine rings is 1. The van der Waals surface area contributed by atoms with E-state index in [-0.39, 0.29) is 11.3 Å². The second-order valence-electron chi connectivity index (χ2n) is 4.16. The summed E-state index contributed by atoms with van der Waals surface area (Å²) in [7, 11) is 0.